The Kier molecular flexibility index (Phi) is 3.62. The summed E-state index contributed by atoms with van der Waals surface area (Å²) in [7, 11) is 0. The Morgan fingerprint density at radius 3 is 2.78 bits per heavy atom. The van der Waals surface area contributed by atoms with Gasteiger partial charge in [-0.05, 0) is 52.7 Å². The van der Waals surface area contributed by atoms with Gasteiger partial charge in [0.25, 0.3) is 5.91 Å². The molecule has 1 amide bonds. The highest BCUT2D eigenvalue weighted by Crippen LogP contribution is 2.15. The van der Waals surface area contributed by atoms with Gasteiger partial charge in [0, 0.05) is 21.9 Å². The largest absolute Gasteiger partial charge is 0.399 e. The zero-order valence-electron chi connectivity index (χ0n) is 9.77. The summed E-state index contributed by atoms with van der Waals surface area (Å²) in [6, 6.07) is 8.78. The minimum Gasteiger partial charge on any atom is -0.399 e. The normalized spacial score (nSPS) is 10.1. The number of hydrogen-bond acceptors (Lipinski definition) is 3. The Hall–Kier alpha value is -1.88. The molecule has 3 N–H and O–H groups in total. The van der Waals surface area contributed by atoms with E-state index in [1.54, 1.807) is 24.4 Å². The number of amides is 1. The van der Waals surface area contributed by atoms with E-state index in [0.717, 1.165) is 10.0 Å². The molecule has 0 aliphatic rings. The van der Waals surface area contributed by atoms with Crippen molar-refractivity contribution >= 4 is 33.3 Å². The third-order valence-corrected chi connectivity index (χ3v) is 2.94. The summed E-state index contributed by atoms with van der Waals surface area (Å²) >= 11 is 3.29. The van der Waals surface area contributed by atoms with E-state index in [2.05, 4.69) is 26.2 Å². The molecule has 1 aromatic carbocycles. The third-order valence-electron chi connectivity index (χ3n) is 2.48. The van der Waals surface area contributed by atoms with E-state index in [9.17, 15) is 4.79 Å². The number of aryl methyl sites for hydroxylation is 1. The number of nitrogens with two attached hydrogens (primary N) is 1. The smallest absolute Gasteiger partial charge is 0.257 e. The summed E-state index contributed by atoms with van der Waals surface area (Å²) in [5.74, 6) is 0.291. The van der Waals surface area contributed by atoms with Crippen molar-refractivity contribution in [3.05, 3.63) is 52.1 Å². The molecular formula is C13H12BrN3O. The highest BCUT2D eigenvalue weighted by atomic mass is 79.9. The van der Waals surface area contributed by atoms with Crippen LogP contribution in [0.5, 0.6) is 0 Å². The lowest BCUT2D eigenvalue weighted by Gasteiger charge is -2.07. The first-order chi connectivity index (χ1) is 8.56. The number of benzene rings is 1. The Balaban J connectivity index is 2.21. The zero-order valence-corrected chi connectivity index (χ0v) is 11.4. The summed E-state index contributed by atoms with van der Waals surface area (Å²) < 4.78 is 0.862. The summed E-state index contributed by atoms with van der Waals surface area (Å²) in [6.07, 6.45) is 1.63. The molecule has 0 aliphatic carbocycles. The fourth-order valence-electron chi connectivity index (χ4n) is 1.52. The van der Waals surface area contributed by atoms with Crippen LogP contribution < -0.4 is 11.1 Å². The topological polar surface area (TPSA) is 68.0 Å². The summed E-state index contributed by atoms with van der Waals surface area (Å²) in [5, 5.41) is 2.73. The third kappa shape index (κ3) is 2.87. The Labute approximate surface area is 113 Å². The Morgan fingerprint density at radius 1 is 1.33 bits per heavy atom. The minimum absolute atomic E-state index is 0.213. The number of hydrogen-bond donors (Lipinski definition) is 2. The number of halogens is 1. The van der Waals surface area contributed by atoms with Crippen molar-refractivity contribution in [1.82, 2.24) is 4.98 Å². The summed E-state index contributed by atoms with van der Waals surface area (Å²) in [5.41, 5.74) is 7.67. The van der Waals surface area contributed by atoms with Crippen LogP contribution in [-0.4, -0.2) is 10.9 Å². The molecule has 92 valence electrons. The molecule has 0 fully saturated rings. The first kappa shape index (κ1) is 12.6. The second-order valence-corrected chi connectivity index (χ2v) is 4.81. The number of anilines is 2. The van der Waals surface area contributed by atoms with Gasteiger partial charge in [-0.15, -0.1) is 0 Å². The molecule has 0 saturated carbocycles. The van der Waals surface area contributed by atoms with Crippen LogP contribution in [0.4, 0.5) is 11.5 Å². The number of pyridine rings is 1. The first-order valence-corrected chi connectivity index (χ1v) is 6.14. The van der Waals surface area contributed by atoms with E-state index in [1.165, 1.54) is 0 Å². The fraction of sp³-hybridized carbons (Fsp3) is 0.0769. The average molecular weight is 306 g/mol. The van der Waals surface area contributed by atoms with Crippen LogP contribution >= 0.6 is 15.9 Å². The van der Waals surface area contributed by atoms with Gasteiger partial charge in [-0.2, -0.15) is 0 Å². The standard InChI is InChI=1S/C13H12BrN3O/c1-8-2-4-10(15)6-11(8)13(18)17-12-5-3-9(14)7-16-12/h2-7H,15H2,1H3,(H,16,17,18). The lowest BCUT2D eigenvalue weighted by Crippen LogP contribution is -2.14. The predicted molar refractivity (Wildman–Crippen MR) is 75.5 cm³/mol. The van der Waals surface area contributed by atoms with Gasteiger partial charge in [-0.1, -0.05) is 6.07 Å². The molecular weight excluding hydrogens is 294 g/mol. The van der Waals surface area contributed by atoms with Gasteiger partial charge in [0.1, 0.15) is 5.82 Å². The lowest BCUT2D eigenvalue weighted by atomic mass is 10.1. The summed E-state index contributed by atoms with van der Waals surface area (Å²) in [4.78, 5) is 16.1. The quantitative estimate of drug-likeness (QED) is 0.838. The molecule has 5 heteroatoms. The van der Waals surface area contributed by atoms with Crippen molar-refractivity contribution in [3.63, 3.8) is 0 Å². The number of carbonyl (C=O) groups excluding carboxylic acids is 1. The fourth-order valence-corrected chi connectivity index (χ4v) is 1.75. The van der Waals surface area contributed by atoms with Crippen LogP contribution in [-0.2, 0) is 0 Å². The van der Waals surface area contributed by atoms with Crippen LogP contribution in [0, 0.1) is 6.92 Å². The molecule has 1 aromatic heterocycles. The predicted octanol–water partition coefficient (Wildman–Crippen LogP) is 2.99. The Morgan fingerprint density at radius 2 is 2.11 bits per heavy atom. The van der Waals surface area contributed by atoms with Gasteiger partial charge >= 0.3 is 0 Å². The number of nitrogens with one attached hydrogen (secondary N) is 1. The number of rotatable bonds is 2. The molecule has 0 aliphatic heterocycles. The maximum atomic E-state index is 12.1. The zero-order chi connectivity index (χ0) is 13.1. The van der Waals surface area contributed by atoms with E-state index in [1.807, 2.05) is 19.1 Å². The molecule has 18 heavy (non-hydrogen) atoms. The highest BCUT2D eigenvalue weighted by Gasteiger charge is 2.10. The van der Waals surface area contributed by atoms with Gasteiger partial charge in [-0.3, -0.25) is 4.79 Å². The van der Waals surface area contributed by atoms with Crippen molar-refractivity contribution in [2.24, 2.45) is 0 Å². The Bertz CT molecular complexity index is 581. The van der Waals surface area contributed by atoms with Crippen molar-refractivity contribution < 1.29 is 4.79 Å². The van der Waals surface area contributed by atoms with E-state index < -0.39 is 0 Å². The van der Waals surface area contributed by atoms with Gasteiger partial charge in [0.05, 0.1) is 0 Å². The second kappa shape index (κ2) is 5.18. The molecule has 4 nitrogen and oxygen atoms in total. The second-order valence-electron chi connectivity index (χ2n) is 3.89. The van der Waals surface area contributed by atoms with Crippen LogP contribution in [0.1, 0.15) is 15.9 Å². The van der Waals surface area contributed by atoms with E-state index in [0.29, 0.717) is 17.1 Å². The average Bonchev–Trinajstić information content (AvgIpc) is 2.35. The van der Waals surface area contributed by atoms with E-state index in [4.69, 9.17) is 5.73 Å². The highest BCUT2D eigenvalue weighted by molar-refractivity contribution is 9.10. The number of aromatic nitrogens is 1. The van der Waals surface area contributed by atoms with E-state index >= 15 is 0 Å². The van der Waals surface area contributed by atoms with Crippen molar-refractivity contribution in [2.75, 3.05) is 11.1 Å². The van der Waals surface area contributed by atoms with Gasteiger partial charge < -0.3 is 11.1 Å². The van der Waals surface area contributed by atoms with Crippen molar-refractivity contribution in [3.8, 4) is 0 Å². The summed E-state index contributed by atoms with van der Waals surface area (Å²) in [6.45, 7) is 1.86. The maximum absolute atomic E-state index is 12.1. The van der Waals surface area contributed by atoms with Crippen LogP contribution in [0.3, 0.4) is 0 Å². The molecule has 0 radical (unpaired) electrons. The van der Waals surface area contributed by atoms with Crippen LogP contribution in [0.25, 0.3) is 0 Å². The number of carbonyl (C=O) groups is 1. The van der Waals surface area contributed by atoms with Crippen LogP contribution in [0.2, 0.25) is 0 Å². The number of nitrogen functional groups attached to an aromatic ring is 1. The molecule has 0 atom stereocenters. The SMILES string of the molecule is Cc1ccc(N)cc1C(=O)Nc1ccc(Br)cn1. The van der Waals surface area contributed by atoms with Crippen molar-refractivity contribution in [2.45, 2.75) is 6.92 Å². The maximum Gasteiger partial charge on any atom is 0.257 e. The minimum atomic E-state index is -0.213. The molecule has 1 heterocycles. The van der Waals surface area contributed by atoms with Gasteiger partial charge in [0.15, 0.2) is 0 Å². The monoisotopic (exact) mass is 305 g/mol. The lowest BCUT2D eigenvalue weighted by molar-refractivity contribution is 0.102. The molecule has 0 unspecified atom stereocenters. The molecule has 2 rings (SSSR count). The van der Waals surface area contributed by atoms with E-state index in [-0.39, 0.29) is 5.91 Å². The molecule has 0 saturated heterocycles. The van der Waals surface area contributed by atoms with Gasteiger partial charge in [0.2, 0.25) is 0 Å². The van der Waals surface area contributed by atoms with Gasteiger partial charge in [-0.25, -0.2) is 4.98 Å². The molecule has 2 aromatic rings. The van der Waals surface area contributed by atoms with Crippen LogP contribution in [0.15, 0.2) is 41.0 Å². The molecule has 0 spiro atoms. The first-order valence-electron chi connectivity index (χ1n) is 5.35. The molecule has 0 bridgehead atoms. The number of nitrogens with zero attached hydrogens (tertiary/aromatic N) is 1. The van der Waals surface area contributed by atoms with Crippen molar-refractivity contribution in [1.29, 1.82) is 0 Å².